The molecule has 2 amide bonds. The van der Waals surface area contributed by atoms with Crippen molar-refractivity contribution >= 4 is 11.7 Å². The summed E-state index contributed by atoms with van der Waals surface area (Å²) in [5, 5.41) is 2.53. The lowest BCUT2D eigenvalue weighted by atomic mass is 10.2. The Balaban J connectivity index is 1.82. The fourth-order valence-electron chi connectivity index (χ4n) is 2.10. The smallest absolute Gasteiger partial charge is 0.316 e. The van der Waals surface area contributed by atoms with Crippen molar-refractivity contribution in [3.63, 3.8) is 0 Å². The summed E-state index contributed by atoms with van der Waals surface area (Å²) in [6, 6.07) is 7.01. The first kappa shape index (κ1) is 11.9. The van der Waals surface area contributed by atoms with Crippen LogP contribution in [0.3, 0.4) is 0 Å². The van der Waals surface area contributed by atoms with Crippen molar-refractivity contribution < 1.29 is 9.53 Å². The van der Waals surface area contributed by atoms with Gasteiger partial charge in [0.2, 0.25) is 0 Å². The van der Waals surface area contributed by atoms with Crippen LogP contribution in [0, 0.1) is 0 Å². The van der Waals surface area contributed by atoms with E-state index >= 15 is 0 Å². The minimum Gasteiger partial charge on any atom is -0.374 e. The zero-order valence-electron chi connectivity index (χ0n) is 9.82. The molecule has 1 aliphatic carbocycles. The number of carbonyl (C=O) groups excluding carboxylic acids is 1. The molecule has 2 rings (SSSR count). The molecule has 0 heterocycles. The van der Waals surface area contributed by atoms with Crippen molar-refractivity contribution in [3.8, 4) is 0 Å². The van der Waals surface area contributed by atoms with E-state index in [-0.39, 0.29) is 0 Å². The summed E-state index contributed by atoms with van der Waals surface area (Å²) in [4.78, 5) is 10.6. The summed E-state index contributed by atoms with van der Waals surface area (Å²) < 4.78 is 5.80. The summed E-state index contributed by atoms with van der Waals surface area (Å²) >= 11 is 0. The Morgan fingerprint density at radius 1 is 1.29 bits per heavy atom. The molecule has 0 unspecified atom stereocenters. The Hall–Kier alpha value is -1.55. The molecule has 0 bridgehead atoms. The van der Waals surface area contributed by atoms with E-state index < -0.39 is 6.03 Å². The van der Waals surface area contributed by atoms with Crippen LogP contribution in [-0.2, 0) is 11.3 Å². The largest absolute Gasteiger partial charge is 0.374 e. The van der Waals surface area contributed by atoms with Crippen LogP contribution < -0.4 is 11.1 Å². The molecular weight excluding hydrogens is 216 g/mol. The SMILES string of the molecule is NC(=O)Nc1ccc(COC2CCCC2)cc1. The number of primary amides is 1. The first-order valence-electron chi connectivity index (χ1n) is 6.01. The highest BCUT2D eigenvalue weighted by Gasteiger charge is 2.14. The van der Waals surface area contributed by atoms with Crippen LogP contribution in [0.1, 0.15) is 31.2 Å². The van der Waals surface area contributed by atoms with Gasteiger partial charge in [-0.15, -0.1) is 0 Å². The summed E-state index contributed by atoms with van der Waals surface area (Å²) in [5.74, 6) is 0. The fourth-order valence-corrected chi connectivity index (χ4v) is 2.10. The van der Waals surface area contributed by atoms with E-state index in [0.717, 1.165) is 5.56 Å². The zero-order valence-corrected chi connectivity index (χ0v) is 9.82. The Morgan fingerprint density at radius 2 is 1.94 bits per heavy atom. The number of rotatable bonds is 4. The number of anilines is 1. The second-order valence-electron chi connectivity index (χ2n) is 4.40. The molecule has 1 aromatic rings. The second kappa shape index (κ2) is 5.68. The third-order valence-electron chi connectivity index (χ3n) is 3.01. The van der Waals surface area contributed by atoms with E-state index in [1.807, 2.05) is 24.3 Å². The Morgan fingerprint density at radius 3 is 2.53 bits per heavy atom. The van der Waals surface area contributed by atoms with E-state index in [2.05, 4.69) is 5.32 Å². The van der Waals surface area contributed by atoms with Crippen molar-refractivity contribution in [3.05, 3.63) is 29.8 Å². The lowest BCUT2D eigenvalue weighted by Gasteiger charge is -2.11. The maximum absolute atomic E-state index is 10.6. The lowest BCUT2D eigenvalue weighted by molar-refractivity contribution is 0.0457. The minimum atomic E-state index is -0.542. The molecular formula is C13H18N2O2. The van der Waals surface area contributed by atoms with Gasteiger partial charge in [0.1, 0.15) is 0 Å². The molecule has 92 valence electrons. The zero-order chi connectivity index (χ0) is 12.1. The minimum absolute atomic E-state index is 0.429. The molecule has 1 aliphatic rings. The van der Waals surface area contributed by atoms with Crippen LogP contribution in [0.2, 0.25) is 0 Å². The molecule has 3 N–H and O–H groups in total. The van der Waals surface area contributed by atoms with Gasteiger partial charge in [0.05, 0.1) is 12.7 Å². The maximum Gasteiger partial charge on any atom is 0.316 e. The molecule has 4 nitrogen and oxygen atoms in total. The van der Waals surface area contributed by atoms with E-state index in [1.165, 1.54) is 25.7 Å². The molecule has 1 fully saturated rings. The standard InChI is InChI=1S/C13H18N2O2/c14-13(16)15-11-7-5-10(6-8-11)9-17-12-3-1-2-4-12/h5-8,12H,1-4,9H2,(H3,14,15,16). The number of ether oxygens (including phenoxy) is 1. The van der Waals surface area contributed by atoms with E-state index in [4.69, 9.17) is 10.5 Å². The van der Waals surface area contributed by atoms with Gasteiger partial charge in [-0.1, -0.05) is 25.0 Å². The number of carbonyl (C=O) groups is 1. The van der Waals surface area contributed by atoms with Gasteiger partial charge in [-0.05, 0) is 30.5 Å². The normalized spacial score (nSPS) is 16.0. The van der Waals surface area contributed by atoms with Gasteiger partial charge < -0.3 is 15.8 Å². The number of hydrogen-bond acceptors (Lipinski definition) is 2. The average Bonchev–Trinajstić information content (AvgIpc) is 2.80. The van der Waals surface area contributed by atoms with Crippen molar-refractivity contribution in [2.45, 2.75) is 38.4 Å². The first-order valence-corrected chi connectivity index (χ1v) is 6.01. The van der Waals surface area contributed by atoms with Crippen molar-refractivity contribution in [1.82, 2.24) is 0 Å². The van der Waals surface area contributed by atoms with Gasteiger partial charge >= 0.3 is 6.03 Å². The molecule has 0 aliphatic heterocycles. The maximum atomic E-state index is 10.6. The van der Waals surface area contributed by atoms with Crippen LogP contribution >= 0.6 is 0 Å². The summed E-state index contributed by atoms with van der Waals surface area (Å²) in [7, 11) is 0. The van der Waals surface area contributed by atoms with Gasteiger partial charge in [0.25, 0.3) is 0 Å². The fraction of sp³-hybridized carbons (Fsp3) is 0.462. The van der Waals surface area contributed by atoms with Crippen LogP contribution in [0.15, 0.2) is 24.3 Å². The van der Waals surface area contributed by atoms with Crippen LogP contribution in [-0.4, -0.2) is 12.1 Å². The molecule has 1 saturated carbocycles. The molecule has 0 atom stereocenters. The summed E-state index contributed by atoms with van der Waals surface area (Å²) in [5.41, 5.74) is 6.86. The van der Waals surface area contributed by atoms with Gasteiger partial charge in [-0.25, -0.2) is 4.79 Å². The number of nitrogens with two attached hydrogens (primary N) is 1. The highest BCUT2D eigenvalue weighted by atomic mass is 16.5. The second-order valence-corrected chi connectivity index (χ2v) is 4.40. The molecule has 1 aromatic carbocycles. The summed E-state index contributed by atoms with van der Waals surface area (Å²) in [6.07, 6.45) is 5.36. The van der Waals surface area contributed by atoms with Gasteiger partial charge in [-0.3, -0.25) is 0 Å². The number of nitrogens with one attached hydrogen (secondary N) is 1. The van der Waals surface area contributed by atoms with Gasteiger partial charge in [-0.2, -0.15) is 0 Å². The third-order valence-corrected chi connectivity index (χ3v) is 3.01. The molecule has 0 saturated heterocycles. The topological polar surface area (TPSA) is 64.4 Å². The van der Waals surface area contributed by atoms with E-state index in [9.17, 15) is 4.79 Å². The Kier molecular flexibility index (Phi) is 3.98. The Labute approximate surface area is 101 Å². The number of hydrogen-bond donors (Lipinski definition) is 2. The monoisotopic (exact) mass is 234 g/mol. The first-order chi connectivity index (χ1) is 8.24. The predicted molar refractivity (Wildman–Crippen MR) is 66.7 cm³/mol. The number of amides is 2. The Bertz CT molecular complexity index is 370. The summed E-state index contributed by atoms with van der Waals surface area (Å²) in [6.45, 7) is 0.640. The van der Waals surface area contributed by atoms with E-state index in [1.54, 1.807) is 0 Å². The quantitative estimate of drug-likeness (QED) is 0.841. The molecule has 0 spiro atoms. The molecule has 0 aromatic heterocycles. The number of urea groups is 1. The highest BCUT2D eigenvalue weighted by molar-refractivity contribution is 5.87. The lowest BCUT2D eigenvalue weighted by Crippen LogP contribution is -2.19. The molecule has 4 heteroatoms. The van der Waals surface area contributed by atoms with Gasteiger partial charge in [0.15, 0.2) is 0 Å². The van der Waals surface area contributed by atoms with Crippen LogP contribution in [0.4, 0.5) is 10.5 Å². The highest BCUT2D eigenvalue weighted by Crippen LogP contribution is 2.22. The molecule has 17 heavy (non-hydrogen) atoms. The van der Waals surface area contributed by atoms with Crippen molar-refractivity contribution in [2.24, 2.45) is 5.73 Å². The van der Waals surface area contributed by atoms with Gasteiger partial charge in [0, 0.05) is 5.69 Å². The van der Waals surface area contributed by atoms with Crippen LogP contribution in [0.25, 0.3) is 0 Å². The number of benzene rings is 1. The average molecular weight is 234 g/mol. The van der Waals surface area contributed by atoms with Crippen molar-refractivity contribution in [1.29, 1.82) is 0 Å². The molecule has 0 radical (unpaired) electrons. The third kappa shape index (κ3) is 3.75. The van der Waals surface area contributed by atoms with Crippen molar-refractivity contribution in [2.75, 3.05) is 5.32 Å². The predicted octanol–water partition coefficient (Wildman–Crippen LogP) is 2.64. The van der Waals surface area contributed by atoms with Crippen LogP contribution in [0.5, 0.6) is 0 Å². The van der Waals surface area contributed by atoms with E-state index in [0.29, 0.717) is 18.4 Å².